The number of hydrogen-bond acceptors (Lipinski definition) is 5. The van der Waals surface area contributed by atoms with E-state index in [1.165, 1.54) is 4.31 Å². The van der Waals surface area contributed by atoms with Crippen LogP contribution in [0.2, 0.25) is 0 Å². The molecule has 2 rings (SSSR count). The van der Waals surface area contributed by atoms with Crippen LogP contribution in [0.5, 0.6) is 0 Å². The molecule has 154 valence electrons. The van der Waals surface area contributed by atoms with E-state index in [2.05, 4.69) is 5.32 Å². The highest BCUT2D eigenvalue weighted by atomic mass is 32.2. The van der Waals surface area contributed by atoms with Gasteiger partial charge in [-0.05, 0) is 56.7 Å². The number of sulfonamides is 1. The Morgan fingerprint density at radius 3 is 2.82 bits per heavy atom. The molecule has 0 saturated carbocycles. The van der Waals surface area contributed by atoms with Crippen LogP contribution < -0.4 is 5.32 Å². The lowest BCUT2D eigenvalue weighted by Gasteiger charge is -2.24. The second-order valence-corrected chi connectivity index (χ2v) is 9.24. The molecule has 1 heterocycles. The van der Waals surface area contributed by atoms with E-state index in [-0.39, 0.29) is 30.9 Å². The van der Waals surface area contributed by atoms with E-state index in [0.717, 1.165) is 24.0 Å². The second-order valence-electron chi connectivity index (χ2n) is 7.15. The van der Waals surface area contributed by atoms with Gasteiger partial charge in [0.2, 0.25) is 15.9 Å². The van der Waals surface area contributed by atoms with E-state index in [9.17, 15) is 13.2 Å². The lowest BCUT2D eigenvalue weighted by molar-refractivity contribution is -0.116. The van der Waals surface area contributed by atoms with Gasteiger partial charge >= 0.3 is 0 Å². The smallest absolute Gasteiger partial charge is 0.239 e. The summed E-state index contributed by atoms with van der Waals surface area (Å²) in [5.41, 5.74) is 2.70. The minimum Gasteiger partial charge on any atom is -0.377 e. The van der Waals surface area contributed by atoms with Crippen LogP contribution in [0.3, 0.4) is 0 Å². The number of hydrogen-bond donors (Lipinski definition) is 1. The van der Waals surface area contributed by atoms with Gasteiger partial charge in [0.1, 0.15) is 0 Å². The Hall–Kier alpha value is -1.95. The number of carbonyl (C=O) groups excluding carboxylic acids is 1. The van der Waals surface area contributed by atoms with Crippen molar-refractivity contribution >= 4 is 21.6 Å². The lowest BCUT2D eigenvalue weighted by Crippen LogP contribution is -2.43. The number of nitriles is 1. The quantitative estimate of drug-likeness (QED) is 0.601. The van der Waals surface area contributed by atoms with E-state index in [0.29, 0.717) is 31.6 Å². The first-order chi connectivity index (χ1) is 13.3. The number of ether oxygens (including phenoxy) is 1. The molecule has 1 aliphatic rings. The van der Waals surface area contributed by atoms with Gasteiger partial charge in [-0.15, -0.1) is 0 Å². The number of unbranched alkanes of at least 4 members (excludes halogenated alkanes) is 2. The van der Waals surface area contributed by atoms with Crippen molar-refractivity contribution < 1.29 is 17.9 Å². The first-order valence-electron chi connectivity index (χ1n) is 9.66. The molecule has 1 unspecified atom stereocenters. The Balaban J connectivity index is 2.06. The van der Waals surface area contributed by atoms with Crippen LogP contribution in [0.1, 0.15) is 43.2 Å². The van der Waals surface area contributed by atoms with Gasteiger partial charge in [0.25, 0.3) is 0 Å². The van der Waals surface area contributed by atoms with Crippen molar-refractivity contribution in [1.82, 2.24) is 4.31 Å². The Bertz CT molecular complexity index is 811. The van der Waals surface area contributed by atoms with Gasteiger partial charge in [-0.3, -0.25) is 4.79 Å². The minimum absolute atomic E-state index is 0.0713. The third-order valence-electron chi connectivity index (χ3n) is 4.96. The van der Waals surface area contributed by atoms with Gasteiger partial charge in [-0.1, -0.05) is 12.1 Å². The molecule has 1 saturated heterocycles. The van der Waals surface area contributed by atoms with E-state index in [1.807, 2.05) is 32.0 Å². The van der Waals surface area contributed by atoms with Crippen molar-refractivity contribution in [3.8, 4) is 6.07 Å². The molecule has 1 N–H and O–H groups in total. The van der Waals surface area contributed by atoms with Crippen LogP contribution in [-0.4, -0.2) is 50.2 Å². The fourth-order valence-corrected chi connectivity index (χ4v) is 4.68. The predicted molar refractivity (Wildman–Crippen MR) is 108 cm³/mol. The van der Waals surface area contributed by atoms with E-state index in [1.54, 1.807) is 6.07 Å². The molecular formula is C20H29N3O4S. The second kappa shape index (κ2) is 10.6. The fraction of sp³-hybridized carbons (Fsp3) is 0.600. The lowest BCUT2D eigenvalue weighted by atomic mass is 10.1. The van der Waals surface area contributed by atoms with Crippen LogP contribution >= 0.6 is 0 Å². The highest BCUT2D eigenvalue weighted by Crippen LogP contribution is 2.19. The molecule has 1 fully saturated rings. The van der Waals surface area contributed by atoms with Crippen molar-refractivity contribution in [2.24, 2.45) is 0 Å². The number of carbonyl (C=O) groups is 1. The third-order valence-corrected chi connectivity index (χ3v) is 6.83. The van der Waals surface area contributed by atoms with E-state index in [4.69, 9.17) is 10.00 Å². The maximum Gasteiger partial charge on any atom is 0.239 e. The summed E-state index contributed by atoms with van der Waals surface area (Å²) < 4.78 is 32.4. The number of nitrogens with one attached hydrogen (secondary N) is 1. The Morgan fingerprint density at radius 2 is 2.14 bits per heavy atom. The SMILES string of the molecule is Cc1cccc(NC(=O)CN(CC2CCCO2)S(=O)(=O)CCCCC#N)c1C. The van der Waals surface area contributed by atoms with Gasteiger partial charge in [-0.25, -0.2) is 8.42 Å². The molecule has 1 amide bonds. The Morgan fingerprint density at radius 1 is 1.36 bits per heavy atom. The summed E-state index contributed by atoms with van der Waals surface area (Å²) in [5.74, 6) is -0.440. The first kappa shape index (κ1) is 22.3. The summed E-state index contributed by atoms with van der Waals surface area (Å²) in [5, 5.41) is 11.4. The van der Waals surface area contributed by atoms with Crippen LogP contribution in [-0.2, 0) is 19.6 Å². The van der Waals surface area contributed by atoms with Crippen molar-refractivity contribution in [2.75, 3.05) is 30.8 Å². The van der Waals surface area contributed by atoms with Crippen LogP contribution in [0.15, 0.2) is 18.2 Å². The Kier molecular flexibility index (Phi) is 8.42. The summed E-state index contributed by atoms with van der Waals surface area (Å²) in [6, 6.07) is 7.64. The minimum atomic E-state index is -3.61. The maximum absolute atomic E-state index is 12.8. The fourth-order valence-electron chi connectivity index (χ4n) is 3.15. The molecule has 0 bridgehead atoms. The topological polar surface area (TPSA) is 99.5 Å². The van der Waals surface area contributed by atoms with Crippen molar-refractivity contribution in [1.29, 1.82) is 5.26 Å². The van der Waals surface area contributed by atoms with E-state index < -0.39 is 10.0 Å². The van der Waals surface area contributed by atoms with Crippen molar-refractivity contribution in [2.45, 2.75) is 52.1 Å². The molecule has 28 heavy (non-hydrogen) atoms. The first-order valence-corrected chi connectivity index (χ1v) is 11.3. The van der Waals surface area contributed by atoms with Crippen LogP contribution in [0.4, 0.5) is 5.69 Å². The number of benzene rings is 1. The summed E-state index contributed by atoms with van der Waals surface area (Å²) in [4.78, 5) is 12.6. The molecule has 7 nitrogen and oxygen atoms in total. The van der Waals surface area contributed by atoms with Gasteiger partial charge in [-0.2, -0.15) is 9.57 Å². The molecule has 0 aliphatic carbocycles. The van der Waals surface area contributed by atoms with Crippen LogP contribution in [0, 0.1) is 25.2 Å². The highest BCUT2D eigenvalue weighted by Gasteiger charge is 2.29. The summed E-state index contributed by atoms with van der Waals surface area (Å²) in [6.07, 6.45) is 2.76. The van der Waals surface area contributed by atoms with Gasteiger partial charge < -0.3 is 10.1 Å². The molecule has 0 radical (unpaired) electrons. The molecule has 1 aliphatic heterocycles. The normalized spacial score (nSPS) is 16.9. The number of aryl methyl sites for hydroxylation is 1. The third kappa shape index (κ3) is 6.59. The van der Waals surface area contributed by atoms with Crippen LogP contribution in [0.25, 0.3) is 0 Å². The molecular weight excluding hydrogens is 378 g/mol. The molecule has 0 spiro atoms. The summed E-state index contributed by atoms with van der Waals surface area (Å²) in [6.45, 7) is 4.44. The highest BCUT2D eigenvalue weighted by molar-refractivity contribution is 7.89. The number of amides is 1. The number of rotatable bonds is 10. The molecule has 0 aromatic heterocycles. The number of anilines is 1. The monoisotopic (exact) mass is 407 g/mol. The van der Waals surface area contributed by atoms with E-state index >= 15 is 0 Å². The zero-order chi connectivity index (χ0) is 20.6. The zero-order valence-corrected chi connectivity index (χ0v) is 17.4. The average Bonchev–Trinajstić information content (AvgIpc) is 3.15. The van der Waals surface area contributed by atoms with Crippen molar-refractivity contribution in [3.63, 3.8) is 0 Å². The van der Waals surface area contributed by atoms with Gasteiger partial charge in [0.05, 0.1) is 24.5 Å². The summed E-state index contributed by atoms with van der Waals surface area (Å²) >= 11 is 0. The summed E-state index contributed by atoms with van der Waals surface area (Å²) in [7, 11) is -3.61. The largest absolute Gasteiger partial charge is 0.377 e. The maximum atomic E-state index is 12.8. The molecule has 1 aromatic rings. The van der Waals surface area contributed by atoms with Gasteiger partial charge in [0, 0.05) is 25.3 Å². The molecule has 1 aromatic carbocycles. The average molecular weight is 408 g/mol. The Labute approximate surface area is 167 Å². The zero-order valence-electron chi connectivity index (χ0n) is 16.6. The number of nitrogens with zero attached hydrogens (tertiary/aromatic N) is 2. The molecule has 8 heteroatoms. The standard InChI is InChI=1S/C20H29N3O4S/c1-16-8-6-10-19(17(16)2)22-20(24)15-23(14-18-9-7-12-27-18)28(25,26)13-5-3-4-11-21/h6,8,10,18H,3-5,7,9,12-15H2,1-2H3,(H,22,24). The predicted octanol–water partition coefficient (Wildman–Crippen LogP) is 2.75. The molecule has 1 atom stereocenters. The van der Waals surface area contributed by atoms with Gasteiger partial charge in [0.15, 0.2) is 0 Å². The van der Waals surface area contributed by atoms with Crippen molar-refractivity contribution in [3.05, 3.63) is 29.3 Å².